The number of aromatic nitrogens is 1. The molecular formula is C24H15BrN2O4. The summed E-state index contributed by atoms with van der Waals surface area (Å²) in [5.41, 5.74) is 3.01. The first kappa shape index (κ1) is 19.1. The number of phenolic OH excluding ortho intramolecular Hbond substituents is 1. The Morgan fingerprint density at radius 2 is 1.74 bits per heavy atom. The largest absolute Gasteiger partial charge is 0.507 e. The molecule has 0 saturated carbocycles. The number of carbonyl (C=O) groups is 1. The lowest BCUT2D eigenvalue weighted by Gasteiger charge is -2.06. The van der Waals surface area contributed by atoms with E-state index in [1.54, 1.807) is 30.3 Å². The Morgan fingerprint density at radius 3 is 2.55 bits per heavy atom. The molecule has 0 bridgehead atoms. The molecule has 0 atom stereocenters. The predicted molar refractivity (Wildman–Crippen MR) is 121 cm³/mol. The van der Waals surface area contributed by atoms with Crippen LogP contribution >= 0.6 is 15.9 Å². The number of rotatable bonds is 4. The van der Waals surface area contributed by atoms with Crippen LogP contribution in [0.15, 0.2) is 92.2 Å². The molecule has 0 spiro atoms. The van der Waals surface area contributed by atoms with E-state index in [-0.39, 0.29) is 17.4 Å². The number of oxazole rings is 1. The van der Waals surface area contributed by atoms with E-state index in [4.69, 9.17) is 8.83 Å². The molecule has 1 amide bonds. The Balaban J connectivity index is 1.39. The average Bonchev–Trinajstić information content (AvgIpc) is 3.43. The molecule has 2 aromatic heterocycles. The summed E-state index contributed by atoms with van der Waals surface area (Å²) in [5, 5.41) is 13.1. The van der Waals surface area contributed by atoms with Crippen LogP contribution in [0.5, 0.6) is 5.75 Å². The molecule has 5 rings (SSSR count). The second-order valence-electron chi connectivity index (χ2n) is 6.84. The van der Waals surface area contributed by atoms with Crippen LogP contribution in [-0.4, -0.2) is 16.0 Å². The summed E-state index contributed by atoms with van der Waals surface area (Å²) >= 11 is 3.40. The van der Waals surface area contributed by atoms with Crippen LogP contribution in [0.3, 0.4) is 0 Å². The van der Waals surface area contributed by atoms with Crippen molar-refractivity contribution in [2.45, 2.75) is 0 Å². The lowest BCUT2D eigenvalue weighted by atomic mass is 10.1. The number of phenols is 1. The third kappa shape index (κ3) is 3.83. The zero-order chi connectivity index (χ0) is 21.4. The fraction of sp³-hybridized carbons (Fsp3) is 0. The monoisotopic (exact) mass is 474 g/mol. The van der Waals surface area contributed by atoms with E-state index in [9.17, 15) is 9.90 Å². The van der Waals surface area contributed by atoms with Crippen LogP contribution in [-0.2, 0) is 0 Å². The molecule has 2 N–H and O–H groups in total. The van der Waals surface area contributed by atoms with Crippen LogP contribution in [0.2, 0.25) is 0 Å². The van der Waals surface area contributed by atoms with Gasteiger partial charge in [-0.1, -0.05) is 40.2 Å². The molecule has 0 unspecified atom stereocenters. The highest BCUT2D eigenvalue weighted by Gasteiger charge is 2.16. The number of para-hydroxylation sites is 2. The summed E-state index contributed by atoms with van der Waals surface area (Å²) < 4.78 is 12.4. The lowest BCUT2D eigenvalue weighted by Crippen LogP contribution is -2.10. The Kier molecular flexibility index (Phi) is 4.80. The average molecular weight is 475 g/mol. The number of nitrogens with zero attached hydrogens (tertiary/aromatic N) is 1. The van der Waals surface area contributed by atoms with E-state index in [0.29, 0.717) is 28.1 Å². The summed E-state index contributed by atoms with van der Waals surface area (Å²) in [6, 6.07) is 23.0. The quantitative estimate of drug-likeness (QED) is 0.291. The van der Waals surface area contributed by atoms with Crippen molar-refractivity contribution >= 4 is 38.6 Å². The fourth-order valence-corrected chi connectivity index (χ4v) is 3.46. The minimum atomic E-state index is -0.405. The summed E-state index contributed by atoms with van der Waals surface area (Å²) in [4.78, 5) is 17.1. The molecule has 0 saturated heterocycles. The van der Waals surface area contributed by atoms with Crippen LogP contribution < -0.4 is 5.32 Å². The smallest absolute Gasteiger partial charge is 0.291 e. The number of amides is 1. The van der Waals surface area contributed by atoms with E-state index in [0.717, 1.165) is 10.0 Å². The third-order valence-corrected chi connectivity index (χ3v) is 5.27. The van der Waals surface area contributed by atoms with Gasteiger partial charge in [-0.05, 0) is 54.6 Å². The van der Waals surface area contributed by atoms with Crippen molar-refractivity contribution in [3.8, 4) is 28.5 Å². The van der Waals surface area contributed by atoms with Gasteiger partial charge in [-0.15, -0.1) is 0 Å². The number of hydrogen-bond donors (Lipinski definition) is 2. The van der Waals surface area contributed by atoms with Crippen LogP contribution in [0, 0.1) is 0 Å². The normalized spacial score (nSPS) is 11.0. The predicted octanol–water partition coefficient (Wildman–Crippen LogP) is 6.48. The third-order valence-electron chi connectivity index (χ3n) is 4.74. The summed E-state index contributed by atoms with van der Waals surface area (Å²) in [6.07, 6.45) is 0. The van der Waals surface area contributed by atoms with Gasteiger partial charge < -0.3 is 19.3 Å². The molecule has 152 valence electrons. The number of halogens is 1. The highest BCUT2D eigenvalue weighted by molar-refractivity contribution is 9.10. The van der Waals surface area contributed by atoms with Crippen LogP contribution in [0.25, 0.3) is 33.9 Å². The Hall–Kier alpha value is -3.84. The zero-order valence-electron chi connectivity index (χ0n) is 16.0. The van der Waals surface area contributed by atoms with Gasteiger partial charge in [-0.25, -0.2) is 4.98 Å². The van der Waals surface area contributed by atoms with Gasteiger partial charge in [0, 0.05) is 15.7 Å². The summed E-state index contributed by atoms with van der Waals surface area (Å²) in [6.45, 7) is 0. The number of hydrogen-bond acceptors (Lipinski definition) is 5. The maximum absolute atomic E-state index is 12.7. The van der Waals surface area contributed by atoms with Gasteiger partial charge in [0.05, 0.1) is 5.56 Å². The topological polar surface area (TPSA) is 88.5 Å². The van der Waals surface area contributed by atoms with E-state index in [1.165, 1.54) is 6.07 Å². The molecule has 7 heteroatoms. The van der Waals surface area contributed by atoms with Crippen molar-refractivity contribution < 1.29 is 18.7 Å². The van der Waals surface area contributed by atoms with Gasteiger partial charge in [0.15, 0.2) is 11.3 Å². The van der Waals surface area contributed by atoms with Crippen molar-refractivity contribution in [1.82, 2.24) is 4.98 Å². The number of furan rings is 1. The van der Waals surface area contributed by atoms with E-state index in [2.05, 4.69) is 26.2 Å². The lowest BCUT2D eigenvalue weighted by molar-refractivity contribution is 0.0997. The van der Waals surface area contributed by atoms with Gasteiger partial charge in [0.1, 0.15) is 17.0 Å². The minimum absolute atomic E-state index is 0.0000726. The molecule has 0 fully saturated rings. The highest BCUT2D eigenvalue weighted by Crippen LogP contribution is 2.33. The summed E-state index contributed by atoms with van der Waals surface area (Å²) in [5.74, 6) is 0.632. The molecule has 0 aliphatic carbocycles. The van der Waals surface area contributed by atoms with Gasteiger partial charge >= 0.3 is 0 Å². The van der Waals surface area contributed by atoms with E-state index < -0.39 is 5.91 Å². The molecule has 2 heterocycles. The first-order valence-electron chi connectivity index (χ1n) is 9.43. The highest BCUT2D eigenvalue weighted by atomic mass is 79.9. The number of benzene rings is 3. The molecule has 3 aromatic carbocycles. The first-order chi connectivity index (χ1) is 15.1. The van der Waals surface area contributed by atoms with Crippen LogP contribution in [0.4, 0.5) is 5.69 Å². The fourth-order valence-electron chi connectivity index (χ4n) is 3.19. The van der Waals surface area contributed by atoms with E-state index >= 15 is 0 Å². The SMILES string of the molecule is O=C(Nc1ccc(O)c(-c2nc3ccccc3o2)c1)c1ccc(-c2ccc(Br)cc2)o1. The molecule has 5 aromatic rings. The van der Waals surface area contributed by atoms with Crippen molar-refractivity contribution in [2.24, 2.45) is 0 Å². The molecule has 0 aliphatic rings. The van der Waals surface area contributed by atoms with Crippen molar-refractivity contribution in [3.05, 3.63) is 89.1 Å². The standard InChI is InChI=1S/C24H15BrN2O4/c25-15-7-5-14(6-8-15)20-11-12-22(30-20)23(29)26-16-9-10-19(28)17(13-16)24-27-18-3-1-2-4-21(18)31-24/h1-13,28H,(H,26,29). The van der Waals surface area contributed by atoms with Crippen molar-refractivity contribution in [3.63, 3.8) is 0 Å². The Morgan fingerprint density at radius 1 is 0.935 bits per heavy atom. The minimum Gasteiger partial charge on any atom is -0.507 e. The van der Waals surface area contributed by atoms with Gasteiger partial charge in [-0.3, -0.25) is 4.79 Å². The first-order valence-corrected chi connectivity index (χ1v) is 10.2. The van der Waals surface area contributed by atoms with Crippen molar-refractivity contribution in [1.29, 1.82) is 0 Å². The Labute approximate surface area is 185 Å². The van der Waals surface area contributed by atoms with Gasteiger partial charge in [0.25, 0.3) is 5.91 Å². The molecule has 0 aliphatic heterocycles. The van der Waals surface area contributed by atoms with Crippen molar-refractivity contribution in [2.75, 3.05) is 5.32 Å². The maximum atomic E-state index is 12.7. The summed E-state index contributed by atoms with van der Waals surface area (Å²) in [7, 11) is 0. The van der Waals surface area contributed by atoms with Gasteiger partial charge in [0.2, 0.25) is 5.89 Å². The van der Waals surface area contributed by atoms with Crippen LogP contribution in [0.1, 0.15) is 10.6 Å². The maximum Gasteiger partial charge on any atom is 0.291 e. The van der Waals surface area contributed by atoms with Gasteiger partial charge in [-0.2, -0.15) is 0 Å². The Bertz CT molecular complexity index is 1370. The number of fused-ring (bicyclic) bond motifs is 1. The number of nitrogens with one attached hydrogen (secondary N) is 1. The second-order valence-corrected chi connectivity index (χ2v) is 7.76. The molecular weight excluding hydrogens is 460 g/mol. The number of aromatic hydroxyl groups is 1. The number of anilines is 1. The number of carbonyl (C=O) groups excluding carboxylic acids is 1. The molecule has 31 heavy (non-hydrogen) atoms. The second kappa shape index (κ2) is 7.77. The molecule has 6 nitrogen and oxygen atoms in total. The zero-order valence-corrected chi connectivity index (χ0v) is 17.6. The molecule has 0 radical (unpaired) electrons. The van der Waals surface area contributed by atoms with E-state index in [1.807, 2.05) is 42.5 Å².